The van der Waals surface area contributed by atoms with Crippen LogP contribution in [0.4, 0.5) is 0 Å². The van der Waals surface area contributed by atoms with Gasteiger partial charge in [-0.1, -0.05) is 24.3 Å². The molecule has 1 aromatic rings. The van der Waals surface area contributed by atoms with Gasteiger partial charge in [0, 0.05) is 11.8 Å². The highest BCUT2D eigenvalue weighted by Gasteiger charge is 2.59. The SMILES string of the molecule is O=C(O)c1ccc(C2C(=O)[C@@H]3[C@H](C2=O)[C@H]2C=C[C@@H]3C2)cc1. The maximum atomic E-state index is 12.6. The minimum atomic E-state index is -1.01. The van der Waals surface area contributed by atoms with Crippen molar-refractivity contribution in [1.82, 2.24) is 0 Å². The van der Waals surface area contributed by atoms with Crippen LogP contribution in [0.15, 0.2) is 36.4 Å². The summed E-state index contributed by atoms with van der Waals surface area (Å²) < 4.78 is 0. The summed E-state index contributed by atoms with van der Waals surface area (Å²) in [6.07, 6.45) is 5.08. The lowest BCUT2D eigenvalue weighted by Gasteiger charge is -2.16. The van der Waals surface area contributed by atoms with E-state index < -0.39 is 11.9 Å². The van der Waals surface area contributed by atoms with Crippen molar-refractivity contribution in [3.8, 4) is 0 Å². The van der Waals surface area contributed by atoms with E-state index in [1.54, 1.807) is 12.1 Å². The summed E-state index contributed by atoms with van der Waals surface area (Å²) >= 11 is 0. The molecule has 0 aliphatic heterocycles. The Bertz CT molecular complexity index is 655. The molecule has 0 amide bonds. The highest BCUT2D eigenvalue weighted by atomic mass is 16.4. The number of Topliss-reactive ketones (excluding diaryl/α,β-unsaturated/α-hetero) is 2. The number of fused-ring (bicyclic) bond motifs is 5. The number of ketones is 2. The molecule has 3 aliphatic rings. The molecule has 1 N–H and O–H groups in total. The molecule has 5 atom stereocenters. The van der Waals surface area contributed by atoms with Crippen LogP contribution in [0.2, 0.25) is 0 Å². The van der Waals surface area contributed by atoms with Gasteiger partial charge < -0.3 is 5.11 Å². The first-order valence-corrected chi connectivity index (χ1v) is 7.17. The number of carbonyl (C=O) groups excluding carboxylic acids is 2. The van der Waals surface area contributed by atoms with Gasteiger partial charge in [0.15, 0.2) is 11.6 Å². The molecule has 0 radical (unpaired) electrons. The van der Waals surface area contributed by atoms with Crippen molar-refractivity contribution in [2.75, 3.05) is 0 Å². The summed E-state index contributed by atoms with van der Waals surface area (Å²) in [4.78, 5) is 36.1. The zero-order valence-corrected chi connectivity index (χ0v) is 11.2. The predicted octanol–water partition coefficient (Wildman–Crippen LogP) is 2.06. The molecule has 2 saturated carbocycles. The van der Waals surface area contributed by atoms with Gasteiger partial charge in [0.2, 0.25) is 0 Å². The van der Waals surface area contributed by atoms with Crippen LogP contribution in [0.1, 0.15) is 28.3 Å². The lowest BCUT2D eigenvalue weighted by Crippen LogP contribution is -2.21. The summed E-state index contributed by atoms with van der Waals surface area (Å²) in [6, 6.07) is 6.11. The van der Waals surface area contributed by atoms with E-state index in [1.807, 2.05) is 0 Å². The van der Waals surface area contributed by atoms with Gasteiger partial charge in [0.1, 0.15) is 5.92 Å². The Labute approximate surface area is 121 Å². The Morgan fingerprint density at radius 3 is 1.95 bits per heavy atom. The third-order valence-electron chi connectivity index (χ3n) is 5.18. The molecule has 4 heteroatoms. The molecule has 4 rings (SSSR count). The van der Waals surface area contributed by atoms with Crippen molar-refractivity contribution >= 4 is 17.5 Å². The lowest BCUT2D eigenvalue weighted by molar-refractivity contribution is -0.125. The zero-order valence-electron chi connectivity index (χ0n) is 11.2. The van der Waals surface area contributed by atoms with Crippen molar-refractivity contribution in [3.63, 3.8) is 0 Å². The van der Waals surface area contributed by atoms with Crippen LogP contribution in [-0.2, 0) is 9.59 Å². The largest absolute Gasteiger partial charge is 0.478 e. The molecule has 106 valence electrons. The number of aromatic carboxylic acids is 1. The summed E-state index contributed by atoms with van der Waals surface area (Å²) in [5.74, 6) is -1.54. The van der Waals surface area contributed by atoms with E-state index in [1.165, 1.54) is 12.1 Å². The molecule has 0 aromatic heterocycles. The molecule has 0 heterocycles. The number of carboxylic acids is 1. The predicted molar refractivity (Wildman–Crippen MR) is 73.9 cm³/mol. The summed E-state index contributed by atoms with van der Waals surface area (Å²) in [5.41, 5.74) is 0.794. The average molecular weight is 282 g/mol. The van der Waals surface area contributed by atoms with Crippen LogP contribution in [0.25, 0.3) is 0 Å². The molecular formula is C17H14O4. The van der Waals surface area contributed by atoms with Crippen molar-refractivity contribution < 1.29 is 19.5 Å². The smallest absolute Gasteiger partial charge is 0.335 e. The number of carbonyl (C=O) groups is 3. The second kappa shape index (κ2) is 4.13. The molecule has 0 spiro atoms. The van der Waals surface area contributed by atoms with Gasteiger partial charge in [-0.15, -0.1) is 0 Å². The lowest BCUT2D eigenvalue weighted by atomic mass is 9.85. The monoisotopic (exact) mass is 282 g/mol. The Kier molecular flexibility index (Phi) is 2.46. The molecule has 2 bridgehead atoms. The Hall–Kier alpha value is -2.23. The van der Waals surface area contributed by atoms with Crippen LogP contribution in [0.3, 0.4) is 0 Å². The Balaban J connectivity index is 1.69. The van der Waals surface area contributed by atoms with Gasteiger partial charge in [-0.2, -0.15) is 0 Å². The van der Waals surface area contributed by atoms with E-state index in [-0.39, 0.29) is 40.8 Å². The maximum absolute atomic E-state index is 12.6. The molecule has 21 heavy (non-hydrogen) atoms. The van der Waals surface area contributed by atoms with E-state index >= 15 is 0 Å². The highest BCUT2D eigenvalue weighted by Crippen LogP contribution is 2.55. The summed E-state index contributed by atoms with van der Waals surface area (Å²) in [7, 11) is 0. The number of rotatable bonds is 2. The van der Waals surface area contributed by atoms with E-state index in [0.29, 0.717) is 5.56 Å². The number of allylic oxidation sites excluding steroid dienone is 2. The third-order valence-corrected chi connectivity index (χ3v) is 5.18. The fourth-order valence-corrected chi connectivity index (χ4v) is 4.27. The standard InChI is InChI=1S/C17H14O4/c18-15-12-10-5-6-11(7-10)13(12)16(19)14(15)8-1-3-9(4-2-8)17(20)21/h1-6,10-14H,7H2,(H,20,21)/t10-,11+,12+,13-,14?. The highest BCUT2D eigenvalue weighted by molar-refractivity contribution is 6.16. The molecule has 3 aliphatic carbocycles. The quantitative estimate of drug-likeness (QED) is 0.665. The summed E-state index contributed by atoms with van der Waals surface area (Å²) in [6.45, 7) is 0. The van der Waals surface area contributed by atoms with Crippen LogP contribution < -0.4 is 0 Å². The molecule has 2 fully saturated rings. The molecule has 1 aromatic carbocycles. The first-order chi connectivity index (χ1) is 10.1. The third kappa shape index (κ3) is 1.59. The maximum Gasteiger partial charge on any atom is 0.335 e. The molecule has 0 saturated heterocycles. The first kappa shape index (κ1) is 12.5. The second-order valence-corrected chi connectivity index (χ2v) is 6.16. The van der Waals surface area contributed by atoms with Crippen LogP contribution >= 0.6 is 0 Å². The van der Waals surface area contributed by atoms with Gasteiger partial charge in [0.05, 0.1) is 5.56 Å². The normalized spacial score (nSPS) is 36.3. The molecule has 4 nitrogen and oxygen atoms in total. The minimum absolute atomic E-state index is 0.0184. The van der Waals surface area contributed by atoms with Gasteiger partial charge in [-0.3, -0.25) is 9.59 Å². The second-order valence-electron chi connectivity index (χ2n) is 6.16. The number of carboxylic acid groups (broad SMARTS) is 1. The fraction of sp³-hybridized carbons (Fsp3) is 0.353. The van der Waals surface area contributed by atoms with Crippen LogP contribution in [-0.4, -0.2) is 22.6 Å². The van der Waals surface area contributed by atoms with Gasteiger partial charge in [0.25, 0.3) is 0 Å². The van der Waals surface area contributed by atoms with Gasteiger partial charge in [-0.25, -0.2) is 4.79 Å². The van der Waals surface area contributed by atoms with Gasteiger partial charge >= 0.3 is 5.97 Å². The van der Waals surface area contributed by atoms with E-state index in [2.05, 4.69) is 12.2 Å². The van der Waals surface area contributed by atoms with E-state index in [0.717, 1.165) is 6.42 Å². The molecular weight excluding hydrogens is 268 g/mol. The minimum Gasteiger partial charge on any atom is -0.478 e. The first-order valence-electron chi connectivity index (χ1n) is 7.17. The fourth-order valence-electron chi connectivity index (χ4n) is 4.27. The Morgan fingerprint density at radius 2 is 1.48 bits per heavy atom. The van der Waals surface area contributed by atoms with Gasteiger partial charge in [-0.05, 0) is 36.0 Å². The topological polar surface area (TPSA) is 71.4 Å². The Morgan fingerprint density at radius 1 is 0.952 bits per heavy atom. The van der Waals surface area contributed by atoms with Crippen LogP contribution in [0, 0.1) is 23.7 Å². The average Bonchev–Trinajstić information content (AvgIpc) is 3.13. The number of hydrogen-bond acceptors (Lipinski definition) is 3. The van der Waals surface area contributed by atoms with Crippen molar-refractivity contribution in [2.24, 2.45) is 23.7 Å². The van der Waals surface area contributed by atoms with E-state index in [4.69, 9.17) is 5.11 Å². The van der Waals surface area contributed by atoms with Crippen molar-refractivity contribution in [3.05, 3.63) is 47.5 Å². The number of hydrogen-bond donors (Lipinski definition) is 1. The zero-order chi connectivity index (χ0) is 14.7. The molecule has 1 unspecified atom stereocenters. The van der Waals surface area contributed by atoms with Crippen molar-refractivity contribution in [1.29, 1.82) is 0 Å². The van der Waals surface area contributed by atoms with Crippen molar-refractivity contribution in [2.45, 2.75) is 12.3 Å². The van der Waals surface area contributed by atoms with E-state index in [9.17, 15) is 14.4 Å². The number of benzene rings is 1. The summed E-state index contributed by atoms with van der Waals surface area (Å²) in [5, 5.41) is 8.91. The van der Waals surface area contributed by atoms with Crippen LogP contribution in [0.5, 0.6) is 0 Å².